The second-order valence-electron chi connectivity index (χ2n) is 28.6. The zero-order valence-electron chi connectivity index (χ0n) is 64.1. The van der Waals surface area contributed by atoms with Crippen molar-refractivity contribution in [3.8, 4) is 12.3 Å². The zero-order chi connectivity index (χ0) is 86.9. The number of nitrogens with zero attached hydrogens (tertiary/aromatic N) is 6. The Labute approximate surface area is 756 Å². The van der Waals surface area contributed by atoms with Crippen molar-refractivity contribution in [2.24, 2.45) is 0 Å². The molecule has 0 aliphatic carbocycles. The van der Waals surface area contributed by atoms with Crippen molar-refractivity contribution >= 4 is 291 Å². The first kappa shape index (κ1) is 89.7. The molecule has 0 unspecified atom stereocenters. The minimum absolute atomic E-state index is 0.105. The van der Waals surface area contributed by atoms with Gasteiger partial charge in [-0.05, 0) is 259 Å². The average molecular weight is 2090 g/mol. The van der Waals surface area contributed by atoms with Crippen LogP contribution in [0.2, 0.25) is 25.1 Å². The summed E-state index contributed by atoms with van der Waals surface area (Å²) in [5, 5.41) is 53.4. The summed E-state index contributed by atoms with van der Waals surface area (Å²) in [4.78, 5) is 124. The number of thioether (sulfide) groups is 1. The van der Waals surface area contributed by atoms with Crippen molar-refractivity contribution in [3.05, 3.63) is 267 Å². The number of para-hydroxylation sites is 1. The van der Waals surface area contributed by atoms with Crippen molar-refractivity contribution in [1.82, 2.24) is 22.8 Å². The van der Waals surface area contributed by atoms with Crippen LogP contribution in [0.25, 0.3) is 109 Å². The maximum atomic E-state index is 13.0. The van der Waals surface area contributed by atoms with E-state index in [4.69, 9.17) is 64.4 Å². The number of rotatable bonds is 14. The quantitative estimate of drug-likeness (QED) is 0.0292. The van der Waals surface area contributed by atoms with Gasteiger partial charge in [-0.25, -0.2) is 0 Å². The molecule has 1 aliphatic heterocycles. The molecule has 0 saturated carbocycles. The second-order valence-corrected chi connectivity index (χ2v) is 35.3. The minimum atomic E-state index is -1.03. The third kappa shape index (κ3) is 18.2. The zero-order valence-corrected chi connectivity index (χ0v) is 76.2. The number of carboxylic acids is 5. The van der Waals surface area contributed by atoms with Gasteiger partial charge in [0, 0.05) is 81.1 Å². The second kappa shape index (κ2) is 37.9. The number of halogens is 9. The predicted octanol–water partition coefficient (Wildman–Crippen LogP) is 21.1. The maximum absolute atomic E-state index is 13.0. The standard InChI is InChI=1S/C20H18BrClN2O3.2C18H15ClINO3.C17H10ClNO3.C16H11BrClNO3S/c21-18-15(22)7-6-14-19(18)24(11-17(25)26)16-10-12(4-5-13(16)20(14)27)23-8-2-1-3-9-23;1-9(2)10-3-4-11-14(7-10)21(8-15(22)23)17-12(18(11)24)5-6-13(20)16(17)19;1-9(2)10-3-4-11-14(7-10)21(8-15(22)23)17-12(18(11)24)5-6-13(19)16(17)20;1-2-10-13(18)8-7-12-16(10)19(9-15(20)21)14-6-4-3-5-11(14)17(12)22;1-23-8-2-3-9-12(6-8)19(7-13(20)21)15-10(16(9)22)4-5-11(18)14(15)17/h4-7,10H,1-3,8-9,11H2,(H,25,26);2*3-7,9H,8H2,1-2H3,(H,22,23);1,3-8H,9H2,(H,20,21);2-6H,7H2,1H3,(H,20,21). The van der Waals surface area contributed by atoms with Crippen LogP contribution in [0, 0.1) is 19.5 Å². The van der Waals surface area contributed by atoms with Crippen LogP contribution in [0.1, 0.15) is 75.5 Å². The molecule has 1 aliphatic rings. The first-order valence-electron chi connectivity index (χ1n) is 36.9. The van der Waals surface area contributed by atoms with Crippen molar-refractivity contribution in [1.29, 1.82) is 0 Å². The van der Waals surface area contributed by atoms with E-state index < -0.39 is 29.8 Å². The number of carbonyl (C=O) groups is 5. The summed E-state index contributed by atoms with van der Waals surface area (Å²) in [5.74, 6) is -1.94. The third-order valence-electron chi connectivity index (χ3n) is 20.5. The highest BCUT2D eigenvalue weighted by molar-refractivity contribution is 14.1. The summed E-state index contributed by atoms with van der Waals surface area (Å²) < 4.78 is 10.6. The molecule has 10 aromatic carbocycles. The summed E-state index contributed by atoms with van der Waals surface area (Å²) in [6.07, 6.45) is 10.9. The molecule has 0 atom stereocenters. The highest BCUT2D eigenvalue weighted by atomic mass is 127. The molecule has 16 rings (SSSR count). The molecule has 1 fully saturated rings. The largest absolute Gasteiger partial charge is 0.480 e. The van der Waals surface area contributed by atoms with Crippen LogP contribution >= 0.6 is 147 Å². The van der Waals surface area contributed by atoms with Gasteiger partial charge in [0.15, 0.2) is 27.1 Å². The number of anilines is 1. The summed E-state index contributed by atoms with van der Waals surface area (Å²) in [5.41, 5.74) is 8.12. The number of pyridine rings is 5. The van der Waals surface area contributed by atoms with Crippen LogP contribution in [-0.4, -0.2) is 97.6 Å². The molecule has 0 amide bonds. The summed E-state index contributed by atoms with van der Waals surface area (Å²) in [6, 6.07) is 45.7. The Balaban J connectivity index is 0.000000138. The van der Waals surface area contributed by atoms with Gasteiger partial charge in [0.2, 0.25) is 0 Å². The normalized spacial score (nSPS) is 12.1. The number of aromatic nitrogens is 5. The third-order valence-corrected chi connectivity index (χ3v) is 27.5. The van der Waals surface area contributed by atoms with Gasteiger partial charge in [-0.2, -0.15) is 0 Å². The summed E-state index contributed by atoms with van der Waals surface area (Å²) in [6.45, 7) is 8.85. The number of piperidine rings is 1. The van der Waals surface area contributed by atoms with Gasteiger partial charge < -0.3 is 53.3 Å². The lowest BCUT2D eigenvalue weighted by atomic mass is 10.00. The van der Waals surface area contributed by atoms with Gasteiger partial charge in [0.25, 0.3) is 0 Å². The van der Waals surface area contributed by atoms with Gasteiger partial charge in [-0.1, -0.05) is 116 Å². The van der Waals surface area contributed by atoms with E-state index in [1.54, 1.807) is 121 Å². The Kier molecular flexibility index (Phi) is 28.3. The fourth-order valence-electron chi connectivity index (χ4n) is 14.8. The Morgan fingerprint density at radius 3 is 1.22 bits per heavy atom. The molecule has 21 nitrogen and oxygen atoms in total. The Hall–Kier alpha value is -9.52. The van der Waals surface area contributed by atoms with Crippen LogP contribution < -0.4 is 32.0 Å². The molecule has 1 saturated heterocycles. The highest BCUT2D eigenvalue weighted by Gasteiger charge is 2.25. The topological polar surface area (TPSA) is 300 Å². The molecule has 15 aromatic rings. The van der Waals surface area contributed by atoms with Gasteiger partial charge >= 0.3 is 29.8 Å². The fourth-order valence-corrected chi connectivity index (χ4v) is 18.5. The van der Waals surface area contributed by atoms with Gasteiger partial charge in [0.1, 0.15) is 32.7 Å². The van der Waals surface area contributed by atoms with E-state index in [2.05, 4.69) is 116 Å². The summed E-state index contributed by atoms with van der Waals surface area (Å²) in [7, 11) is 0. The molecule has 0 bridgehead atoms. The van der Waals surface area contributed by atoms with E-state index in [0.717, 1.165) is 51.2 Å². The lowest BCUT2D eigenvalue weighted by Crippen LogP contribution is -2.29. The minimum Gasteiger partial charge on any atom is -0.480 e. The average Bonchev–Trinajstić information content (AvgIpc) is 0.757. The predicted molar refractivity (Wildman–Crippen MR) is 507 cm³/mol. The number of hydrogen-bond donors (Lipinski definition) is 5. The number of carboxylic acid groups (broad SMARTS) is 5. The Bertz CT molecular complexity index is 7060. The van der Waals surface area contributed by atoms with E-state index in [0.29, 0.717) is 152 Å². The number of terminal acetylenes is 1. The molecule has 120 heavy (non-hydrogen) atoms. The number of fused-ring (bicyclic) bond motifs is 10. The molecule has 0 radical (unpaired) electrons. The van der Waals surface area contributed by atoms with Crippen LogP contribution in [0.5, 0.6) is 0 Å². The number of aliphatic carboxylic acids is 5. The monoisotopic (exact) mass is 2080 g/mol. The molecule has 31 heteroatoms. The van der Waals surface area contributed by atoms with Crippen molar-refractivity contribution in [3.63, 3.8) is 0 Å². The van der Waals surface area contributed by atoms with Crippen LogP contribution in [-0.2, 0) is 56.7 Å². The summed E-state index contributed by atoms with van der Waals surface area (Å²) >= 11 is 43.6. The Morgan fingerprint density at radius 2 is 0.767 bits per heavy atom. The van der Waals surface area contributed by atoms with Gasteiger partial charge in [-0.15, -0.1) is 18.2 Å². The fraction of sp³-hybridized carbons (Fsp3) is 0.191. The van der Waals surface area contributed by atoms with Crippen LogP contribution in [0.15, 0.2) is 196 Å². The van der Waals surface area contributed by atoms with E-state index in [-0.39, 0.29) is 71.7 Å². The number of benzene rings is 10. The molecular weight excluding hydrogens is 2020 g/mol. The van der Waals surface area contributed by atoms with Crippen molar-refractivity contribution < 1.29 is 49.5 Å². The number of hydrogen-bond acceptors (Lipinski definition) is 12. The highest BCUT2D eigenvalue weighted by Crippen LogP contribution is 2.38. The van der Waals surface area contributed by atoms with E-state index in [1.807, 2.05) is 60.9 Å². The van der Waals surface area contributed by atoms with Crippen molar-refractivity contribution in [2.45, 2.75) is 96.4 Å². The molecular formula is C89H69Br2Cl5I2N6O15S. The molecule has 614 valence electrons. The van der Waals surface area contributed by atoms with E-state index in [9.17, 15) is 73.5 Å². The maximum Gasteiger partial charge on any atom is 0.323 e. The van der Waals surface area contributed by atoms with Crippen LogP contribution in [0.4, 0.5) is 5.69 Å². The lowest BCUT2D eigenvalue weighted by molar-refractivity contribution is -0.138. The first-order valence-corrected chi connectivity index (χ1v) is 43.8. The Morgan fingerprint density at radius 1 is 0.417 bits per heavy atom. The van der Waals surface area contributed by atoms with Gasteiger partial charge in [0.05, 0.1) is 98.4 Å². The molecule has 0 spiro atoms. The van der Waals surface area contributed by atoms with Crippen LogP contribution in [0.3, 0.4) is 0 Å². The van der Waals surface area contributed by atoms with E-state index in [1.165, 1.54) is 22.7 Å². The SMILES string of the molecule is C#Cc1c(Cl)ccc2c(=O)c3ccccc3n(CC(=O)O)c12.CC(C)c1ccc2c(=O)c3ccc(Cl)c(I)c3n(CC(=O)O)c2c1.CC(C)c1ccc2c(=O)c3ccc(I)c(Cl)c3n(CC(=O)O)c2c1.CSc1ccc2c(=O)c3ccc(Cl)c(Br)c3n(CC(=O)O)c2c1.O=C(O)Cn1c2cc(N3CCCCC3)ccc2c(=O)c2ccc(Cl)c(Br)c21. The first-order chi connectivity index (χ1) is 57.1. The lowest BCUT2D eigenvalue weighted by Gasteiger charge is -2.29. The molecule has 5 aromatic heterocycles. The smallest absolute Gasteiger partial charge is 0.323 e. The molecule has 5 N–H and O–H groups in total. The van der Waals surface area contributed by atoms with E-state index >= 15 is 0 Å². The van der Waals surface area contributed by atoms with Gasteiger partial charge in [-0.3, -0.25) is 47.9 Å². The molecule has 6 heterocycles. The van der Waals surface area contributed by atoms with Crippen molar-refractivity contribution in [2.75, 3.05) is 24.2 Å².